The van der Waals surface area contributed by atoms with Crippen LogP contribution < -0.4 is 10.6 Å². The number of hydrogen-bond acceptors (Lipinski definition) is 2. The summed E-state index contributed by atoms with van der Waals surface area (Å²) in [6.45, 7) is 1.51. The van der Waals surface area contributed by atoms with Gasteiger partial charge >= 0.3 is 0 Å². The largest absolute Gasteiger partial charge is 0.348 e. The van der Waals surface area contributed by atoms with E-state index in [9.17, 15) is 14.0 Å². The van der Waals surface area contributed by atoms with Crippen LogP contribution in [-0.4, -0.2) is 18.4 Å². The van der Waals surface area contributed by atoms with Gasteiger partial charge < -0.3 is 10.6 Å². The number of carbonyl (C=O) groups excluding carboxylic acids is 2. The second kappa shape index (κ2) is 8.13. The number of halogens is 3. The van der Waals surface area contributed by atoms with E-state index in [-0.39, 0.29) is 18.2 Å². The Morgan fingerprint density at radius 2 is 1.83 bits per heavy atom. The van der Waals surface area contributed by atoms with Crippen molar-refractivity contribution in [1.82, 2.24) is 10.6 Å². The molecule has 2 N–H and O–H groups in total. The number of rotatable bonds is 5. The molecule has 0 aliphatic carbocycles. The van der Waals surface area contributed by atoms with Gasteiger partial charge in [0.15, 0.2) is 0 Å². The van der Waals surface area contributed by atoms with Gasteiger partial charge in [0.2, 0.25) is 5.91 Å². The summed E-state index contributed by atoms with van der Waals surface area (Å²) in [7, 11) is 0. The zero-order valence-corrected chi connectivity index (χ0v) is 14.3. The summed E-state index contributed by atoms with van der Waals surface area (Å²) in [4.78, 5) is 23.8. The molecule has 0 saturated heterocycles. The van der Waals surface area contributed by atoms with Gasteiger partial charge in [-0.15, -0.1) is 0 Å². The maximum atomic E-state index is 13.5. The van der Waals surface area contributed by atoms with Crippen molar-refractivity contribution in [3.63, 3.8) is 0 Å². The molecule has 24 heavy (non-hydrogen) atoms. The molecule has 1 unspecified atom stereocenters. The monoisotopic (exact) mass is 368 g/mol. The van der Waals surface area contributed by atoms with Crippen molar-refractivity contribution in [2.75, 3.05) is 6.54 Å². The normalized spacial score (nSPS) is 11.7. The van der Waals surface area contributed by atoms with Crippen LogP contribution in [0.3, 0.4) is 0 Å². The van der Waals surface area contributed by atoms with Crippen LogP contribution in [0.25, 0.3) is 0 Å². The molecule has 2 aromatic rings. The quantitative estimate of drug-likeness (QED) is 0.844. The van der Waals surface area contributed by atoms with Gasteiger partial charge in [-0.05, 0) is 36.8 Å². The Morgan fingerprint density at radius 3 is 2.50 bits per heavy atom. The molecule has 0 spiro atoms. The zero-order chi connectivity index (χ0) is 17.7. The first-order valence-electron chi connectivity index (χ1n) is 7.15. The van der Waals surface area contributed by atoms with Gasteiger partial charge in [-0.3, -0.25) is 9.59 Å². The summed E-state index contributed by atoms with van der Waals surface area (Å²) >= 11 is 11.8. The Bertz CT molecular complexity index is 768. The molecule has 2 amide bonds. The second-order valence-electron chi connectivity index (χ2n) is 5.13. The minimum Gasteiger partial charge on any atom is -0.348 e. The highest BCUT2D eigenvalue weighted by Gasteiger charge is 2.14. The van der Waals surface area contributed by atoms with Gasteiger partial charge in [0.05, 0.1) is 28.2 Å². The predicted molar refractivity (Wildman–Crippen MR) is 91.8 cm³/mol. The van der Waals surface area contributed by atoms with E-state index in [0.29, 0.717) is 10.0 Å². The molecule has 1 atom stereocenters. The molecule has 0 aromatic heterocycles. The SMILES string of the molecule is CC(NC(=O)CNC(=O)c1ccccc1F)c1ccc(Cl)c(Cl)c1. The number of amides is 2. The van der Waals surface area contributed by atoms with E-state index >= 15 is 0 Å². The van der Waals surface area contributed by atoms with Crippen molar-refractivity contribution >= 4 is 35.0 Å². The molecule has 2 aromatic carbocycles. The lowest BCUT2D eigenvalue weighted by Gasteiger charge is -2.15. The van der Waals surface area contributed by atoms with E-state index in [1.54, 1.807) is 31.2 Å². The van der Waals surface area contributed by atoms with Gasteiger partial charge in [0.25, 0.3) is 5.91 Å². The molecule has 0 aliphatic heterocycles. The molecule has 0 heterocycles. The summed E-state index contributed by atoms with van der Waals surface area (Å²) in [5, 5.41) is 5.91. The molecule has 0 radical (unpaired) electrons. The number of nitrogens with one attached hydrogen (secondary N) is 2. The third-order valence-electron chi connectivity index (χ3n) is 3.35. The Kier molecular flexibility index (Phi) is 6.17. The molecule has 2 rings (SSSR count). The van der Waals surface area contributed by atoms with Crippen molar-refractivity contribution in [1.29, 1.82) is 0 Å². The lowest BCUT2D eigenvalue weighted by Crippen LogP contribution is -2.38. The van der Waals surface area contributed by atoms with E-state index in [4.69, 9.17) is 23.2 Å². The molecular formula is C17H15Cl2FN2O2. The van der Waals surface area contributed by atoms with Gasteiger partial charge in [-0.25, -0.2) is 4.39 Å². The fourth-order valence-corrected chi connectivity index (χ4v) is 2.37. The third-order valence-corrected chi connectivity index (χ3v) is 4.09. The first kappa shape index (κ1) is 18.2. The van der Waals surface area contributed by atoms with Gasteiger partial charge in [0.1, 0.15) is 5.82 Å². The molecule has 4 nitrogen and oxygen atoms in total. The summed E-state index contributed by atoms with van der Waals surface area (Å²) in [6.07, 6.45) is 0. The first-order chi connectivity index (χ1) is 11.4. The van der Waals surface area contributed by atoms with Crippen LogP contribution in [0.15, 0.2) is 42.5 Å². The summed E-state index contributed by atoms with van der Waals surface area (Å²) < 4.78 is 13.5. The van der Waals surface area contributed by atoms with Crippen LogP contribution in [0.5, 0.6) is 0 Å². The van der Waals surface area contributed by atoms with Crippen LogP contribution in [0, 0.1) is 5.82 Å². The minimum absolute atomic E-state index is 0.108. The van der Waals surface area contributed by atoms with Crippen LogP contribution in [0.1, 0.15) is 28.9 Å². The van der Waals surface area contributed by atoms with Gasteiger partial charge in [0, 0.05) is 0 Å². The summed E-state index contributed by atoms with van der Waals surface area (Å²) in [6, 6.07) is 10.3. The second-order valence-corrected chi connectivity index (χ2v) is 5.94. The van der Waals surface area contributed by atoms with Crippen molar-refractivity contribution in [3.05, 3.63) is 69.5 Å². The van der Waals surface area contributed by atoms with Gasteiger partial charge in [-0.2, -0.15) is 0 Å². The number of carbonyl (C=O) groups is 2. The number of hydrogen-bond donors (Lipinski definition) is 2. The van der Waals surface area contributed by atoms with Crippen LogP contribution in [0.4, 0.5) is 4.39 Å². The fraction of sp³-hybridized carbons (Fsp3) is 0.176. The predicted octanol–water partition coefficient (Wildman–Crippen LogP) is 3.74. The molecule has 7 heteroatoms. The lowest BCUT2D eigenvalue weighted by molar-refractivity contribution is -0.120. The Morgan fingerprint density at radius 1 is 1.12 bits per heavy atom. The smallest absolute Gasteiger partial charge is 0.254 e. The standard InChI is InChI=1S/C17H15Cl2FN2O2/c1-10(11-6-7-13(18)14(19)8-11)22-16(23)9-21-17(24)12-4-2-3-5-15(12)20/h2-8,10H,9H2,1H3,(H,21,24)(H,22,23). The average molecular weight is 369 g/mol. The molecule has 0 saturated carbocycles. The molecule has 0 aliphatic rings. The average Bonchev–Trinajstić information content (AvgIpc) is 2.55. The maximum absolute atomic E-state index is 13.5. The van der Waals surface area contributed by atoms with E-state index in [0.717, 1.165) is 5.56 Å². The number of benzene rings is 2. The first-order valence-corrected chi connectivity index (χ1v) is 7.91. The maximum Gasteiger partial charge on any atom is 0.254 e. The molecule has 0 fully saturated rings. The minimum atomic E-state index is -0.648. The highest BCUT2D eigenvalue weighted by Crippen LogP contribution is 2.25. The highest BCUT2D eigenvalue weighted by atomic mass is 35.5. The Hall–Kier alpha value is -2.11. The Balaban J connectivity index is 1.90. The lowest BCUT2D eigenvalue weighted by atomic mass is 10.1. The third kappa shape index (κ3) is 4.69. The van der Waals surface area contributed by atoms with Crippen molar-refractivity contribution in [2.24, 2.45) is 0 Å². The van der Waals surface area contributed by atoms with Crippen LogP contribution >= 0.6 is 23.2 Å². The fourth-order valence-electron chi connectivity index (χ4n) is 2.06. The van der Waals surface area contributed by atoms with Crippen molar-refractivity contribution in [3.8, 4) is 0 Å². The Labute approximate surface area is 149 Å². The summed E-state index contributed by atoms with van der Waals surface area (Å²) in [5.41, 5.74) is 0.668. The molecule has 126 valence electrons. The van der Waals surface area contributed by atoms with Crippen LogP contribution in [-0.2, 0) is 4.79 Å². The van der Waals surface area contributed by atoms with E-state index < -0.39 is 17.6 Å². The van der Waals surface area contributed by atoms with Gasteiger partial charge in [-0.1, -0.05) is 41.4 Å². The highest BCUT2D eigenvalue weighted by molar-refractivity contribution is 6.42. The van der Waals surface area contributed by atoms with Crippen molar-refractivity contribution < 1.29 is 14.0 Å². The van der Waals surface area contributed by atoms with E-state index in [1.807, 2.05) is 0 Å². The molecular weight excluding hydrogens is 354 g/mol. The van der Waals surface area contributed by atoms with E-state index in [1.165, 1.54) is 18.2 Å². The van der Waals surface area contributed by atoms with Crippen LogP contribution in [0.2, 0.25) is 10.0 Å². The summed E-state index contributed by atoms with van der Waals surface area (Å²) in [5.74, 6) is -1.69. The zero-order valence-electron chi connectivity index (χ0n) is 12.8. The molecule has 0 bridgehead atoms. The van der Waals surface area contributed by atoms with E-state index in [2.05, 4.69) is 10.6 Å². The topological polar surface area (TPSA) is 58.2 Å². The van der Waals surface area contributed by atoms with Crippen molar-refractivity contribution in [2.45, 2.75) is 13.0 Å².